The maximum Gasteiger partial charge on any atom is 0.306 e. The lowest BCUT2D eigenvalue weighted by atomic mass is 9.79. The van der Waals surface area contributed by atoms with E-state index in [4.69, 9.17) is 5.11 Å². The van der Waals surface area contributed by atoms with Crippen molar-refractivity contribution < 1.29 is 15.0 Å². The zero-order chi connectivity index (χ0) is 13.9. The number of aliphatic hydroxyl groups is 1. The quantitative estimate of drug-likeness (QED) is 0.708. The predicted octanol–water partition coefficient (Wildman–Crippen LogP) is 2.71. The Morgan fingerprint density at radius 3 is 2.42 bits per heavy atom. The van der Waals surface area contributed by atoms with E-state index < -0.39 is 11.6 Å². The summed E-state index contributed by atoms with van der Waals surface area (Å²) in [5.41, 5.74) is 0.198. The van der Waals surface area contributed by atoms with E-state index in [1.165, 1.54) is 3.57 Å². The third-order valence-electron chi connectivity index (χ3n) is 3.73. The molecule has 5 heteroatoms. The van der Waals surface area contributed by atoms with Crippen LogP contribution in [-0.2, 0) is 4.79 Å². The molecule has 0 amide bonds. The van der Waals surface area contributed by atoms with Crippen molar-refractivity contribution in [1.82, 2.24) is 0 Å². The molecule has 0 heterocycles. The Labute approximate surface area is 126 Å². The van der Waals surface area contributed by atoms with Crippen molar-refractivity contribution in [3.8, 4) is 0 Å². The first-order valence-electron chi connectivity index (χ1n) is 6.43. The van der Waals surface area contributed by atoms with Crippen LogP contribution in [-0.4, -0.2) is 28.3 Å². The topological polar surface area (TPSA) is 69.6 Å². The van der Waals surface area contributed by atoms with Gasteiger partial charge in [0.05, 0.1) is 11.5 Å². The summed E-state index contributed by atoms with van der Waals surface area (Å²) >= 11 is 2.25. The van der Waals surface area contributed by atoms with Crippen molar-refractivity contribution in [2.24, 2.45) is 5.92 Å². The van der Waals surface area contributed by atoms with Crippen molar-refractivity contribution >= 4 is 34.2 Å². The van der Waals surface area contributed by atoms with Crippen molar-refractivity contribution in [2.75, 3.05) is 11.9 Å². The summed E-state index contributed by atoms with van der Waals surface area (Å²) in [6, 6.07) is 7.98. The number of hydrogen-bond donors (Lipinski definition) is 3. The van der Waals surface area contributed by atoms with Gasteiger partial charge in [-0.25, -0.2) is 0 Å². The minimum absolute atomic E-state index is 0.293. The summed E-state index contributed by atoms with van der Waals surface area (Å²) in [4.78, 5) is 10.9. The summed E-state index contributed by atoms with van der Waals surface area (Å²) in [6.45, 7) is 0.472. The second-order valence-electron chi connectivity index (χ2n) is 5.20. The first-order chi connectivity index (χ1) is 8.98. The molecule has 0 atom stereocenters. The highest BCUT2D eigenvalue weighted by molar-refractivity contribution is 14.1. The van der Waals surface area contributed by atoms with Crippen LogP contribution < -0.4 is 5.32 Å². The highest BCUT2D eigenvalue weighted by Gasteiger charge is 2.35. The van der Waals surface area contributed by atoms with Crippen LogP contribution >= 0.6 is 22.6 Å². The normalized spacial score (nSPS) is 26.9. The Bertz CT molecular complexity index is 439. The van der Waals surface area contributed by atoms with E-state index in [1.807, 2.05) is 24.3 Å². The van der Waals surface area contributed by atoms with Crippen molar-refractivity contribution in [3.63, 3.8) is 0 Å². The first kappa shape index (κ1) is 14.6. The molecule has 0 spiro atoms. The van der Waals surface area contributed by atoms with Crippen LogP contribution in [0.25, 0.3) is 0 Å². The average Bonchev–Trinajstić information content (AvgIpc) is 2.39. The van der Waals surface area contributed by atoms with Gasteiger partial charge in [0.2, 0.25) is 0 Å². The first-order valence-corrected chi connectivity index (χ1v) is 7.51. The smallest absolute Gasteiger partial charge is 0.306 e. The highest BCUT2D eigenvalue weighted by atomic mass is 127. The maximum absolute atomic E-state index is 10.9. The number of carbonyl (C=O) groups is 1. The van der Waals surface area contributed by atoms with Gasteiger partial charge >= 0.3 is 5.97 Å². The van der Waals surface area contributed by atoms with Gasteiger partial charge in [-0.3, -0.25) is 4.79 Å². The van der Waals surface area contributed by atoms with Crippen LogP contribution in [0.5, 0.6) is 0 Å². The molecule has 0 bridgehead atoms. The van der Waals surface area contributed by atoms with Gasteiger partial charge < -0.3 is 15.5 Å². The standard InChI is InChI=1S/C14H18INO3/c15-11-1-3-12(4-2-11)16-9-14(19)7-5-10(6-8-14)13(17)18/h1-4,10,16,19H,5-9H2,(H,17,18). The Morgan fingerprint density at radius 1 is 1.32 bits per heavy atom. The van der Waals surface area contributed by atoms with Gasteiger partial charge in [-0.15, -0.1) is 0 Å². The molecule has 1 fully saturated rings. The summed E-state index contributed by atoms with van der Waals surface area (Å²) in [5.74, 6) is -1.04. The Kier molecular flexibility index (Phi) is 4.67. The molecule has 104 valence electrons. The second kappa shape index (κ2) is 6.09. The molecule has 0 saturated heterocycles. The van der Waals surface area contributed by atoms with Gasteiger partial charge in [0.25, 0.3) is 0 Å². The number of rotatable bonds is 4. The number of nitrogens with one attached hydrogen (secondary N) is 1. The zero-order valence-electron chi connectivity index (χ0n) is 10.6. The minimum Gasteiger partial charge on any atom is -0.481 e. The van der Waals surface area contributed by atoms with E-state index in [-0.39, 0.29) is 5.92 Å². The maximum atomic E-state index is 10.9. The van der Waals surface area contributed by atoms with E-state index in [0.29, 0.717) is 32.2 Å². The second-order valence-corrected chi connectivity index (χ2v) is 6.44. The fourth-order valence-corrected chi connectivity index (χ4v) is 2.77. The summed E-state index contributed by atoms with van der Waals surface area (Å²) < 4.78 is 1.17. The number of halogens is 1. The number of aliphatic carboxylic acids is 1. The Morgan fingerprint density at radius 2 is 1.89 bits per heavy atom. The van der Waals surface area contributed by atoms with Crippen LogP contribution in [0.3, 0.4) is 0 Å². The molecular weight excluding hydrogens is 357 g/mol. The minimum atomic E-state index is -0.783. The molecular formula is C14H18INO3. The molecule has 2 rings (SSSR count). The van der Waals surface area contributed by atoms with Gasteiger partial charge in [0.1, 0.15) is 0 Å². The van der Waals surface area contributed by atoms with Gasteiger partial charge in [0, 0.05) is 15.8 Å². The molecule has 3 N–H and O–H groups in total. The number of carboxylic acid groups (broad SMARTS) is 1. The molecule has 0 radical (unpaired) electrons. The summed E-state index contributed by atoms with van der Waals surface area (Å²) in [6.07, 6.45) is 2.20. The molecule has 0 unspecified atom stereocenters. The fourth-order valence-electron chi connectivity index (χ4n) is 2.41. The Hall–Kier alpha value is -0.820. The molecule has 1 aromatic carbocycles. The fraction of sp³-hybridized carbons (Fsp3) is 0.500. The summed E-state index contributed by atoms with van der Waals surface area (Å²) in [7, 11) is 0. The molecule has 1 aliphatic rings. The van der Waals surface area contributed by atoms with Crippen molar-refractivity contribution in [1.29, 1.82) is 0 Å². The van der Waals surface area contributed by atoms with Crippen LogP contribution in [0.4, 0.5) is 5.69 Å². The highest BCUT2D eigenvalue weighted by Crippen LogP contribution is 2.32. The number of carboxylic acids is 1. The number of benzene rings is 1. The molecule has 0 aromatic heterocycles. The van der Waals surface area contributed by atoms with Crippen LogP contribution in [0, 0.1) is 9.49 Å². The molecule has 1 saturated carbocycles. The van der Waals surface area contributed by atoms with Gasteiger partial charge in [0.15, 0.2) is 0 Å². The molecule has 19 heavy (non-hydrogen) atoms. The van der Waals surface area contributed by atoms with Crippen LogP contribution in [0.1, 0.15) is 25.7 Å². The summed E-state index contributed by atoms with van der Waals surface area (Å²) in [5, 5.41) is 22.6. The van der Waals surface area contributed by atoms with Gasteiger partial charge in [-0.05, 0) is 72.5 Å². The SMILES string of the molecule is O=C(O)C1CCC(O)(CNc2ccc(I)cc2)CC1. The average molecular weight is 375 g/mol. The predicted molar refractivity (Wildman–Crippen MR) is 82.2 cm³/mol. The Balaban J connectivity index is 1.86. The number of anilines is 1. The molecule has 1 aliphatic carbocycles. The van der Waals surface area contributed by atoms with Crippen LogP contribution in [0.15, 0.2) is 24.3 Å². The molecule has 0 aliphatic heterocycles. The van der Waals surface area contributed by atoms with E-state index in [1.54, 1.807) is 0 Å². The molecule has 4 nitrogen and oxygen atoms in total. The third kappa shape index (κ3) is 4.07. The van der Waals surface area contributed by atoms with Gasteiger partial charge in [-0.2, -0.15) is 0 Å². The monoisotopic (exact) mass is 375 g/mol. The van der Waals surface area contributed by atoms with Gasteiger partial charge in [-0.1, -0.05) is 0 Å². The van der Waals surface area contributed by atoms with E-state index in [2.05, 4.69) is 27.9 Å². The lowest BCUT2D eigenvalue weighted by molar-refractivity contribution is -0.144. The third-order valence-corrected chi connectivity index (χ3v) is 4.45. The van der Waals surface area contributed by atoms with Crippen molar-refractivity contribution in [2.45, 2.75) is 31.3 Å². The van der Waals surface area contributed by atoms with Crippen molar-refractivity contribution in [3.05, 3.63) is 27.8 Å². The lowest BCUT2D eigenvalue weighted by Gasteiger charge is -2.35. The van der Waals surface area contributed by atoms with E-state index >= 15 is 0 Å². The number of hydrogen-bond acceptors (Lipinski definition) is 3. The largest absolute Gasteiger partial charge is 0.481 e. The molecule has 1 aromatic rings. The van der Waals surface area contributed by atoms with E-state index in [9.17, 15) is 9.90 Å². The lowest BCUT2D eigenvalue weighted by Crippen LogP contribution is -2.41. The zero-order valence-corrected chi connectivity index (χ0v) is 12.8. The van der Waals surface area contributed by atoms with Crippen LogP contribution in [0.2, 0.25) is 0 Å². The van der Waals surface area contributed by atoms with E-state index in [0.717, 1.165) is 5.69 Å².